The Balaban J connectivity index is 1.58. The topological polar surface area (TPSA) is 67.9 Å². The number of likely N-dealkylation sites (N-methyl/N-ethyl adjacent to an activating group) is 1. The molecule has 3 rings (SSSR count). The lowest BCUT2D eigenvalue weighted by molar-refractivity contribution is -0.146. The predicted octanol–water partition coefficient (Wildman–Crippen LogP) is 0.700. The Morgan fingerprint density at radius 3 is 2.65 bits per heavy atom. The van der Waals surface area contributed by atoms with Gasteiger partial charge in [0, 0.05) is 20.1 Å². The van der Waals surface area contributed by atoms with Crippen molar-refractivity contribution in [2.45, 2.75) is 24.4 Å². The summed E-state index contributed by atoms with van der Waals surface area (Å²) in [7, 11) is 3.37. The van der Waals surface area contributed by atoms with Gasteiger partial charge in [0.25, 0.3) is 0 Å². The molecule has 2 amide bonds. The molecule has 2 fully saturated rings. The van der Waals surface area contributed by atoms with Crippen LogP contribution < -0.4 is 10.1 Å². The van der Waals surface area contributed by atoms with Crippen molar-refractivity contribution in [2.24, 2.45) is 0 Å². The lowest BCUT2D eigenvalue weighted by Crippen LogP contribution is -2.49. The molecule has 1 aromatic carbocycles. The van der Waals surface area contributed by atoms with E-state index in [0.717, 1.165) is 24.2 Å². The number of amides is 2. The van der Waals surface area contributed by atoms with Crippen LogP contribution in [0.3, 0.4) is 0 Å². The molecule has 2 aliphatic rings. The highest BCUT2D eigenvalue weighted by Crippen LogP contribution is 2.48. The molecule has 6 heteroatoms. The van der Waals surface area contributed by atoms with Crippen LogP contribution in [-0.4, -0.2) is 56.7 Å². The van der Waals surface area contributed by atoms with Gasteiger partial charge in [-0.25, -0.2) is 0 Å². The van der Waals surface area contributed by atoms with Gasteiger partial charge in [-0.05, 0) is 30.5 Å². The standard InChI is InChI=1S/C17H22N2O4/c1-19-10-14(23-11-15(19)20)9-18-16(21)17(7-8-17)12-3-5-13(22-2)6-4-12/h3-6,14H,7-11H2,1-2H3,(H,18,21)/t14-/m1/s1. The molecule has 23 heavy (non-hydrogen) atoms. The number of methoxy groups -OCH3 is 1. The van der Waals surface area contributed by atoms with E-state index in [1.807, 2.05) is 24.3 Å². The Morgan fingerprint density at radius 2 is 2.09 bits per heavy atom. The van der Waals surface area contributed by atoms with Gasteiger partial charge in [-0.15, -0.1) is 0 Å². The van der Waals surface area contributed by atoms with Crippen molar-refractivity contribution in [3.8, 4) is 5.75 Å². The molecule has 1 heterocycles. The van der Waals surface area contributed by atoms with Crippen LogP contribution in [0.15, 0.2) is 24.3 Å². The Morgan fingerprint density at radius 1 is 1.39 bits per heavy atom. The zero-order valence-electron chi connectivity index (χ0n) is 13.5. The average Bonchev–Trinajstić information content (AvgIpc) is 3.37. The second-order valence-electron chi connectivity index (χ2n) is 6.23. The number of carbonyl (C=O) groups is 2. The highest BCUT2D eigenvalue weighted by molar-refractivity contribution is 5.91. The summed E-state index contributed by atoms with van der Waals surface area (Å²) in [6, 6.07) is 7.67. The monoisotopic (exact) mass is 318 g/mol. The Kier molecular flexibility index (Phi) is 4.26. The molecule has 1 N–H and O–H groups in total. The Hall–Kier alpha value is -2.08. The third-order valence-electron chi connectivity index (χ3n) is 4.66. The summed E-state index contributed by atoms with van der Waals surface area (Å²) in [4.78, 5) is 25.6. The van der Waals surface area contributed by atoms with Gasteiger partial charge < -0.3 is 19.7 Å². The van der Waals surface area contributed by atoms with Crippen molar-refractivity contribution in [3.63, 3.8) is 0 Å². The van der Waals surface area contributed by atoms with Crippen molar-refractivity contribution < 1.29 is 19.1 Å². The van der Waals surface area contributed by atoms with Gasteiger partial charge >= 0.3 is 0 Å². The van der Waals surface area contributed by atoms with Crippen LogP contribution in [0.2, 0.25) is 0 Å². The summed E-state index contributed by atoms with van der Waals surface area (Å²) in [6.07, 6.45) is 1.57. The van der Waals surface area contributed by atoms with Crippen LogP contribution in [0.25, 0.3) is 0 Å². The van der Waals surface area contributed by atoms with E-state index in [1.54, 1.807) is 19.1 Å². The largest absolute Gasteiger partial charge is 0.497 e. The molecular weight excluding hydrogens is 296 g/mol. The first-order chi connectivity index (χ1) is 11.0. The molecule has 0 radical (unpaired) electrons. The van der Waals surface area contributed by atoms with Gasteiger partial charge in [0.15, 0.2) is 0 Å². The van der Waals surface area contributed by atoms with Crippen LogP contribution in [0, 0.1) is 0 Å². The van der Waals surface area contributed by atoms with Crippen molar-refractivity contribution in [3.05, 3.63) is 29.8 Å². The lowest BCUT2D eigenvalue weighted by atomic mass is 9.95. The van der Waals surface area contributed by atoms with Gasteiger partial charge in [-0.2, -0.15) is 0 Å². The second-order valence-corrected chi connectivity index (χ2v) is 6.23. The number of ether oxygens (including phenoxy) is 2. The van der Waals surface area contributed by atoms with E-state index in [4.69, 9.17) is 9.47 Å². The molecule has 1 saturated carbocycles. The SMILES string of the molecule is COc1ccc(C2(C(=O)NC[C@@H]3CN(C)C(=O)CO3)CC2)cc1. The maximum absolute atomic E-state index is 12.6. The molecule has 0 aromatic heterocycles. The van der Waals surface area contributed by atoms with Crippen molar-refractivity contribution in [1.82, 2.24) is 10.2 Å². The first-order valence-electron chi connectivity index (χ1n) is 7.83. The van der Waals surface area contributed by atoms with Crippen molar-refractivity contribution in [1.29, 1.82) is 0 Å². The van der Waals surface area contributed by atoms with Crippen molar-refractivity contribution >= 4 is 11.8 Å². The number of morpholine rings is 1. The minimum Gasteiger partial charge on any atom is -0.497 e. The van der Waals surface area contributed by atoms with E-state index in [9.17, 15) is 9.59 Å². The number of hydrogen-bond donors (Lipinski definition) is 1. The van der Waals surface area contributed by atoms with Gasteiger partial charge in [0.05, 0.1) is 18.6 Å². The molecule has 0 bridgehead atoms. The molecule has 1 saturated heterocycles. The average molecular weight is 318 g/mol. The zero-order valence-corrected chi connectivity index (χ0v) is 13.5. The minimum atomic E-state index is -0.414. The van der Waals surface area contributed by atoms with Crippen molar-refractivity contribution in [2.75, 3.05) is 33.9 Å². The van der Waals surface area contributed by atoms with E-state index in [1.165, 1.54) is 0 Å². The highest BCUT2D eigenvalue weighted by Gasteiger charge is 2.51. The van der Waals surface area contributed by atoms with Gasteiger partial charge in [0.2, 0.25) is 11.8 Å². The van der Waals surface area contributed by atoms with Gasteiger partial charge in [-0.1, -0.05) is 12.1 Å². The summed E-state index contributed by atoms with van der Waals surface area (Å²) in [5, 5.41) is 2.98. The molecule has 124 valence electrons. The first-order valence-corrected chi connectivity index (χ1v) is 7.83. The second kappa shape index (κ2) is 6.20. The van der Waals surface area contributed by atoms with Gasteiger partial charge in [0.1, 0.15) is 12.4 Å². The molecule has 1 atom stereocenters. The van der Waals surface area contributed by atoms with E-state index in [2.05, 4.69) is 5.32 Å². The van der Waals surface area contributed by atoms with E-state index < -0.39 is 5.41 Å². The predicted molar refractivity (Wildman–Crippen MR) is 84.3 cm³/mol. The fraction of sp³-hybridized carbons (Fsp3) is 0.529. The number of nitrogens with one attached hydrogen (secondary N) is 1. The number of hydrogen-bond acceptors (Lipinski definition) is 4. The zero-order chi connectivity index (χ0) is 16.4. The third-order valence-corrected chi connectivity index (χ3v) is 4.66. The molecule has 6 nitrogen and oxygen atoms in total. The summed E-state index contributed by atoms with van der Waals surface area (Å²) in [5.41, 5.74) is 0.607. The lowest BCUT2D eigenvalue weighted by Gasteiger charge is -2.30. The maximum Gasteiger partial charge on any atom is 0.248 e. The fourth-order valence-electron chi connectivity index (χ4n) is 2.94. The quantitative estimate of drug-likeness (QED) is 0.868. The fourth-order valence-corrected chi connectivity index (χ4v) is 2.94. The van der Waals surface area contributed by atoms with E-state index in [0.29, 0.717) is 13.1 Å². The van der Waals surface area contributed by atoms with Crippen LogP contribution in [0.5, 0.6) is 5.75 Å². The number of benzene rings is 1. The van der Waals surface area contributed by atoms with Crippen LogP contribution in [0.1, 0.15) is 18.4 Å². The van der Waals surface area contributed by atoms with E-state index >= 15 is 0 Å². The smallest absolute Gasteiger partial charge is 0.248 e. The van der Waals surface area contributed by atoms with E-state index in [-0.39, 0.29) is 24.5 Å². The first kappa shape index (κ1) is 15.8. The summed E-state index contributed by atoms with van der Waals surface area (Å²) < 4.78 is 10.6. The highest BCUT2D eigenvalue weighted by atomic mass is 16.5. The van der Waals surface area contributed by atoms with Crippen LogP contribution >= 0.6 is 0 Å². The summed E-state index contributed by atoms with van der Waals surface area (Å²) in [6.45, 7) is 1.02. The Labute approximate surface area is 135 Å². The third kappa shape index (κ3) is 3.17. The summed E-state index contributed by atoms with van der Waals surface area (Å²) >= 11 is 0. The molecule has 1 aliphatic heterocycles. The summed E-state index contributed by atoms with van der Waals surface area (Å²) in [5.74, 6) is 0.795. The van der Waals surface area contributed by atoms with Gasteiger partial charge in [-0.3, -0.25) is 9.59 Å². The number of rotatable bonds is 5. The molecule has 1 aliphatic carbocycles. The number of nitrogens with zero attached hydrogens (tertiary/aromatic N) is 1. The van der Waals surface area contributed by atoms with Crippen LogP contribution in [0.4, 0.5) is 0 Å². The molecule has 0 spiro atoms. The molecule has 1 aromatic rings. The molecular formula is C17H22N2O4. The molecule has 0 unspecified atom stereocenters. The maximum atomic E-state index is 12.6. The number of carbonyl (C=O) groups excluding carboxylic acids is 2. The Bertz CT molecular complexity index is 595. The van der Waals surface area contributed by atoms with Crippen LogP contribution in [-0.2, 0) is 19.7 Å². The minimum absolute atomic E-state index is 0.0236. The normalized spacial score (nSPS) is 22.6.